The Kier molecular flexibility index (Phi) is 7.84. The lowest BCUT2D eigenvalue weighted by Gasteiger charge is -2.51. The third kappa shape index (κ3) is 5.35. The maximum atomic E-state index is 13.8. The summed E-state index contributed by atoms with van der Waals surface area (Å²) in [6, 6.07) is 9.45. The number of aryl methyl sites for hydroxylation is 1. The standard InChI is InChI=1S/C31H41N5O3/c1-4-5-18-35-28(37)27(21-30(39)14-10-7-11-15-30)32-29(38)31(35)16-19-34(20-17-31)22-26-23(2)33-36(24(26)3)25-12-8-6-9-13-25/h6,8-9,12-13,27,39H,7,10-11,14-22H2,1-3H3,(H,32,38)/t27-/m0/s1. The first-order valence-electron chi connectivity index (χ1n) is 14.3. The minimum atomic E-state index is -0.901. The second kappa shape index (κ2) is 11.1. The number of hydrogen-bond donors (Lipinski definition) is 2. The number of aliphatic hydroxyl groups is 1. The van der Waals surface area contributed by atoms with E-state index in [1.165, 1.54) is 5.56 Å². The van der Waals surface area contributed by atoms with E-state index in [1.54, 1.807) is 11.8 Å². The number of para-hydroxylation sites is 1. The lowest BCUT2D eigenvalue weighted by molar-refractivity contribution is -0.162. The van der Waals surface area contributed by atoms with Crippen LogP contribution >= 0.6 is 0 Å². The largest absolute Gasteiger partial charge is 0.390 e. The first kappa shape index (κ1) is 27.4. The van der Waals surface area contributed by atoms with Crippen molar-refractivity contribution in [1.82, 2.24) is 24.9 Å². The Balaban J connectivity index is 1.31. The molecule has 1 aromatic carbocycles. The number of likely N-dealkylation sites (tertiary alicyclic amines) is 1. The van der Waals surface area contributed by atoms with Crippen molar-refractivity contribution in [3.8, 4) is 17.5 Å². The van der Waals surface area contributed by atoms with Gasteiger partial charge in [-0.05, 0) is 58.6 Å². The molecule has 2 aromatic rings. The van der Waals surface area contributed by atoms with Crippen LogP contribution in [0.1, 0.15) is 75.2 Å². The number of amides is 2. The van der Waals surface area contributed by atoms with Gasteiger partial charge in [0.15, 0.2) is 0 Å². The summed E-state index contributed by atoms with van der Waals surface area (Å²) in [4.78, 5) is 31.6. The number of rotatable bonds is 6. The van der Waals surface area contributed by atoms with E-state index in [9.17, 15) is 14.7 Å². The Morgan fingerprint density at radius 1 is 1.05 bits per heavy atom. The summed E-state index contributed by atoms with van der Waals surface area (Å²) >= 11 is 0. The molecule has 0 bridgehead atoms. The predicted octanol–water partition coefficient (Wildman–Crippen LogP) is 3.26. The number of hydrogen-bond acceptors (Lipinski definition) is 5. The van der Waals surface area contributed by atoms with Gasteiger partial charge in [0.1, 0.15) is 11.6 Å². The third-order valence-corrected chi connectivity index (χ3v) is 9.10. The molecule has 2 amide bonds. The van der Waals surface area contributed by atoms with Gasteiger partial charge in [-0.1, -0.05) is 43.4 Å². The van der Waals surface area contributed by atoms with Crippen molar-refractivity contribution < 1.29 is 14.7 Å². The van der Waals surface area contributed by atoms with Gasteiger partial charge in [-0.15, -0.1) is 5.92 Å². The Labute approximate surface area is 231 Å². The smallest absolute Gasteiger partial charge is 0.246 e. The molecule has 3 heterocycles. The fourth-order valence-corrected chi connectivity index (χ4v) is 6.72. The highest BCUT2D eigenvalue weighted by Crippen LogP contribution is 2.37. The Hall–Kier alpha value is -3.15. The molecule has 2 N–H and O–H groups in total. The van der Waals surface area contributed by atoms with Crippen LogP contribution in [0.5, 0.6) is 0 Å². The van der Waals surface area contributed by atoms with E-state index in [1.807, 2.05) is 29.8 Å². The third-order valence-electron chi connectivity index (χ3n) is 9.10. The highest BCUT2D eigenvalue weighted by atomic mass is 16.3. The van der Waals surface area contributed by atoms with E-state index in [4.69, 9.17) is 5.10 Å². The van der Waals surface area contributed by atoms with Gasteiger partial charge in [-0.3, -0.25) is 14.5 Å². The van der Waals surface area contributed by atoms with Crippen LogP contribution in [0, 0.1) is 25.7 Å². The maximum absolute atomic E-state index is 13.8. The fraction of sp³-hybridized carbons (Fsp3) is 0.581. The number of nitrogens with one attached hydrogen (secondary N) is 1. The van der Waals surface area contributed by atoms with E-state index < -0.39 is 17.2 Å². The molecule has 5 rings (SSSR count). The summed E-state index contributed by atoms with van der Waals surface area (Å²) in [7, 11) is 0. The average Bonchev–Trinajstić information content (AvgIpc) is 3.22. The van der Waals surface area contributed by atoms with Crippen molar-refractivity contribution in [3.05, 3.63) is 47.3 Å². The highest BCUT2D eigenvalue weighted by Gasteiger charge is 2.54. The highest BCUT2D eigenvalue weighted by molar-refractivity contribution is 6.00. The number of nitrogens with zero attached hydrogens (tertiary/aromatic N) is 4. The molecule has 1 spiro atoms. The predicted molar refractivity (Wildman–Crippen MR) is 150 cm³/mol. The van der Waals surface area contributed by atoms with Gasteiger partial charge >= 0.3 is 0 Å². The van der Waals surface area contributed by atoms with Crippen LogP contribution in [0.4, 0.5) is 0 Å². The molecule has 1 aromatic heterocycles. The zero-order chi connectivity index (χ0) is 27.6. The Bertz CT molecular complexity index is 1260. The maximum Gasteiger partial charge on any atom is 0.246 e. The quantitative estimate of drug-likeness (QED) is 0.559. The van der Waals surface area contributed by atoms with Crippen LogP contribution in [-0.4, -0.2) is 73.3 Å². The minimum Gasteiger partial charge on any atom is -0.390 e. The van der Waals surface area contributed by atoms with Gasteiger partial charge in [0, 0.05) is 37.3 Å². The molecule has 1 saturated carbocycles. The molecule has 8 heteroatoms. The van der Waals surface area contributed by atoms with Crippen LogP contribution in [0.2, 0.25) is 0 Å². The van der Waals surface area contributed by atoms with E-state index in [-0.39, 0.29) is 24.8 Å². The lowest BCUT2D eigenvalue weighted by Crippen LogP contribution is -2.73. The summed E-state index contributed by atoms with van der Waals surface area (Å²) in [5.41, 5.74) is 2.58. The first-order chi connectivity index (χ1) is 18.8. The molecule has 3 aliphatic rings. The molecule has 2 aliphatic heterocycles. The summed E-state index contributed by atoms with van der Waals surface area (Å²) in [5, 5.41) is 19.0. The SMILES string of the molecule is CC#CCN1C(=O)[C@H](CC2(O)CCCCC2)NC(=O)C12CCN(Cc1c(C)nn(-c3ccccc3)c1C)CC2. The molecule has 2 saturated heterocycles. The molecule has 0 unspecified atom stereocenters. The van der Waals surface area contributed by atoms with Crippen molar-refractivity contribution in [1.29, 1.82) is 0 Å². The number of piperidine rings is 1. The Morgan fingerprint density at radius 2 is 1.74 bits per heavy atom. The van der Waals surface area contributed by atoms with Gasteiger partial charge in [0.25, 0.3) is 0 Å². The van der Waals surface area contributed by atoms with Gasteiger partial charge in [0.05, 0.1) is 23.5 Å². The summed E-state index contributed by atoms with van der Waals surface area (Å²) in [5.74, 6) is 5.73. The zero-order valence-corrected chi connectivity index (χ0v) is 23.5. The molecular weight excluding hydrogens is 490 g/mol. The monoisotopic (exact) mass is 531 g/mol. The molecular formula is C31H41N5O3. The fourth-order valence-electron chi connectivity index (χ4n) is 6.72. The summed E-state index contributed by atoms with van der Waals surface area (Å²) in [6.07, 6.45) is 5.77. The number of carbonyl (C=O) groups is 2. The minimum absolute atomic E-state index is 0.103. The zero-order valence-electron chi connectivity index (χ0n) is 23.5. The molecule has 0 radical (unpaired) electrons. The lowest BCUT2D eigenvalue weighted by atomic mass is 9.77. The normalized spacial score (nSPS) is 22.9. The van der Waals surface area contributed by atoms with Crippen molar-refractivity contribution >= 4 is 11.8 Å². The van der Waals surface area contributed by atoms with Crippen LogP contribution < -0.4 is 5.32 Å². The van der Waals surface area contributed by atoms with Crippen molar-refractivity contribution in [2.45, 2.75) is 95.9 Å². The van der Waals surface area contributed by atoms with Crippen LogP contribution in [0.15, 0.2) is 30.3 Å². The molecule has 3 fully saturated rings. The number of benzene rings is 1. The van der Waals surface area contributed by atoms with E-state index in [0.717, 1.165) is 42.9 Å². The summed E-state index contributed by atoms with van der Waals surface area (Å²) in [6.45, 7) is 8.28. The van der Waals surface area contributed by atoms with Crippen LogP contribution in [-0.2, 0) is 16.1 Å². The number of aromatic nitrogens is 2. The summed E-state index contributed by atoms with van der Waals surface area (Å²) < 4.78 is 1.99. The average molecular weight is 532 g/mol. The van der Waals surface area contributed by atoms with Crippen LogP contribution in [0.3, 0.4) is 0 Å². The molecule has 1 aliphatic carbocycles. The molecule has 1 atom stereocenters. The van der Waals surface area contributed by atoms with Gasteiger partial charge in [-0.2, -0.15) is 5.10 Å². The first-order valence-corrected chi connectivity index (χ1v) is 14.3. The molecule has 8 nitrogen and oxygen atoms in total. The topological polar surface area (TPSA) is 90.7 Å². The van der Waals surface area contributed by atoms with Gasteiger partial charge in [-0.25, -0.2) is 4.68 Å². The van der Waals surface area contributed by atoms with E-state index in [0.29, 0.717) is 38.8 Å². The van der Waals surface area contributed by atoms with Gasteiger partial charge in [0.2, 0.25) is 11.8 Å². The number of carbonyl (C=O) groups excluding carboxylic acids is 2. The van der Waals surface area contributed by atoms with E-state index in [2.05, 4.69) is 41.1 Å². The number of piperazine rings is 1. The molecule has 208 valence electrons. The molecule has 39 heavy (non-hydrogen) atoms. The van der Waals surface area contributed by atoms with Crippen molar-refractivity contribution in [2.24, 2.45) is 0 Å². The van der Waals surface area contributed by atoms with Crippen LogP contribution in [0.25, 0.3) is 5.69 Å². The van der Waals surface area contributed by atoms with Gasteiger partial charge < -0.3 is 15.3 Å². The second-order valence-electron chi connectivity index (χ2n) is 11.6. The Morgan fingerprint density at radius 3 is 2.41 bits per heavy atom. The second-order valence-corrected chi connectivity index (χ2v) is 11.6. The van der Waals surface area contributed by atoms with E-state index >= 15 is 0 Å². The van der Waals surface area contributed by atoms with Crippen molar-refractivity contribution in [2.75, 3.05) is 19.6 Å². The van der Waals surface area contributed by atoms with Crippen molar-refractivity contribution in [3.63, 3.8) is 0 Å².